The van der Waals surface area contributed by atoms with Crippen molar-refractivity contribution in [1.29, 1.82) is 0 Å². The number of para-hydroxylation sites is 1. The summed E-state index contributed by atoms with van der Waals surface area (Å²) in [7, 11) is 0. The molecule has 0 unspecified atom stereocenters. The van der Waals surface area contributed by atoms with Gasteiger partial charge in [0.25, 0.3) is 0 Å². The van der Waals surface area contributed by atoms with Crippen LogP contribution in [-0.4, -0.2) is 42.6 Å². The minimum absolute atomic E-state index is 0.212. The van der Waals surface area contributed by atoms with Crippen LogP contribution in [0, 0.1) is 0 Å². The average Bonchev–Trinajstić information content (AvgIpc) is 2.69. The second kappa shape index (κ2) is 10.7. The van der Waals surface area contributed by atoms with E-state index < -0.39 is 18.0 Å². The molecule has 0 aliphatic carbocycles. The van der Waals surface area contributed by atoms with E-state index >= 15 is 0 Å². The molecule has 0 saturated carbocycles. The van der Waals surface area contributed by atoms with Gasteiger partial charge < -0.3 is 19.7 Å². The number of ether oxygens (including phenoxy) is 2. The molecule has 0 saturated heterocycles. The van der Waals surface area contributed by atoms with E-state index in [0.29, 0.717) is 5.69 Å². The van der Waals surface area contributed by atoms with Crippen LogP contribution in [0.15, 0.2) is 54.6 Å². The Kier molecular flexibility index (Phi) is 8.02. The van der Waals surface area contributed by atoms with Crippen LogP contribution in [0.25, 0.3) is 0 Å². The molecule has 0 aliphatic heterocycles. The van der Waals surface area contributed by atoms with Gasteiger partial charge in [-0.25, -0.2) is 9.59 Å². The standard InChI is InChI=1S/C21H24N2O5/c1-3-27-19(24)15-23(14-16-10-6-5-7-11-16)21(26)22-18-13-9-8-12-17(18)20(25)28-4-2/h5-13H,3-4,14-15H2,1-2H3,(H,22,26). The minimum atomic E-state index is -0.529. The largest absolute Gasteiger partial charge is 0.465 e. The fourth-order valence-corrected chi connectivity index (χ4v) is 2.54. The van der Waals surface area contributed by atoms with Gasteiger partial charge in [-0.05, 0) is 31.5 Å². The Morgan fingerprint density at radius 3 is 2.21 bits per heavy atom. The van der Waals surface area contributed by atoms with E-state index in [4.69, 9.17) is 9.47 Å². The van der Waals surface area contributed by atoms with Gasteiger partial charge in [-0.2, -0.15) is 0 Å². The topological polar surface area (TPSA) is 84.9 Å². The molecule has 2 amide bonds. The molecule has 2 rings (SSSR count). The number of esters is 2. The zero-order valence-corrected chi connectivity index (χ0v) is 16.0. The molecule has 0 atom stereocenters. The van der Waals surface area contributed by atoms with Crippen molar-refractivity contribution in [2.75, 3.05) is 25.1 Å². The van der Waals surface area contributed by atoms with E-state index in [-0.39, 0.29) is 31.9 Å². The number of urea groups is 1. The molecule has 0 spiro atoms. The third-order valence-electron chi connectivity index (χ3n) is 3.79. The quantitative estimate of drug-likeness (QED) is 0.705. The SMILES string of the molecule is CCOC(=O)CN(Cc1ccccc1)C(=O)Nc1ccccc1C(=O)OCC. The summed E-state index contributed by atoms with van der Waals surface area (Å²) in [6.07, 6.45) is 0. The molecule has 7 heteroatoms. The first kappa shape index (κ1) is 21.0. The first-order chi connectivity index (χ1) is 13.5. The van der Waals surface area contributed by atoms with Crippen LogP contribution in [0.4, 0.5) is 10.5 Å². The zero-order chi connectivity index (χ0) is 20.4. The third-order valence-corrected chi connectivity index (χ3v) is 3.79. The van der Waals surface area contributed by atoms with Gasteiger partial charge in [0.1, 0.15) is 6.54 Å². The summed E-state index contributed by atoms with van der Waals surface area (Å²) in [5, 5.41) is 2.70. The number of anilines is 1. The average molecular weight is 384 g/mol. The molecule has 0 fully saturated rings. The van der Waals surface area contributed by atoms with Gasteiger partial charge >= 0.3 is 18.0 Å². The van der Waals surface area contributed by atoms with E-state index in [0.717, 1.165) is 5.56 Å². The number of carbonyl (C=O) groups is 3. The lowest BCUT2D eigenvalue weighted by Gasteiger charge is -2.23. The molecule has 0 bridgehead atoms. The Morgan fingerprint density at radius 1 is 0.893 bits per heavy atom. The van der Waals surface area contributed by atoms with Crippen molar-refractivity contribution in [1.82, 2.24) is 4.90 Å². The van der Waals surface area contributed by atoms with Crippen molar-refractivity contribution in [2.45, 2.75) is 20.4 Å². The molecule has 28 heavy (non-hydrogen) atoms. The van der Waals surface area contributed by atoms with Crippen molar-refractivity contribution in [3.63, 3.8) is 0 Å². The maximum Gasteiger partial charge on any atom is 0.340 e. The first-order valence-corrected chi connectivity index (χ1v) is 9.06. The number of benzene rings is 2. The monoisotopic (exact) mass is 384 g/mol. The van der Waals surface area contributed by atoms with E-state index in [2.05, 4.69) is 5.32 Å². The summed E-state index contributed by atoms with van der Waals surface area (Å²) in [6, 6.07) is 15.3. The van der Waals surface area contributed by atoms with E-state index in [1.807, 2.05) is 30.3 Å². The minimum Gasteiger partial charge on any atom is -0.465 e. The molecule has 0 aliphatic rings. The van der Waals surface area contributed by atoms with Gasteiger partial charge in [0.05, 0.1) is 24.5 Å². The summed E-state index contributed by atoms with van der Waals surface area (Å²) in [5.74, 6) is -1.04. The Bertz CT molecular complexity index is 807. The van der Waals surface area contributed by atoms with Gasteiger partial charge in [0, 0.05) is 6.54 Å². The molecule has 2 aromatic carbocycles. The summed E-state index contributed by atoms with van der Waals surface area (Å²) in [4.78, 5) is 38.2. The highest BCUT2D eigenvalue weighted by molar-refractivity contribution is 6.01. The van der Waals surface area contributed by atoms with Crippen LogP contribution in [0.3, 0.4) is 0 Å². The second-order valence-electron chi connectivity index (χ2n) is 5.84. The summed E-state index contributed by atoms with van der Waals surface area (Å²) < 4.78 is 9.99. The van der Waals surface area contributed by atoms with Gasteiger partial charge in [-0.3, -0.25) is 4.79 Å². The third kappa shape index (κ3) is 6.12. The molecule has 7 nitrogen and oxygen atoms in total. The summed E-state index contributed by atoms with van der Waals surface area (Å²) >= 11 is 0. The molecule has 0 radical (unpaired) electrons. The normalized spacial score (nSPS) is 10.1. The fraction of sp³-hybridized carbons (Fsp3) is 0.286. The fourth-order valence-electron chi connectivity index (χ4n) is 2.54. The smallest absolute Gasteiger partial charge is 0.340 e. The zero-order valence-electron chi connectivity index (χ0n) is 16.0. The molecular weight excluding hydrogens is 360 g/mol. The maximum absolute atomic E-state index is 12.8. The lowest BCUT2D eigenvalue weighted by Crippen LogP contribution is -2.39. The number of carbonyl (C=O) groups excluding carboxylic acids is 3. The van der Waals surface area contributed by atoms with Gasteiger partial charge in [-0.1, -0.05) is 42.5 Å². The van der Waals surface area contributed by atoms with Gasteiger partial charge in [0.2, 0.25) is 0 Å². The lowest BCUT2D eigenvalue weighted by molar-refractivity contribution is -0.143. The molecule has 2 aromatic rings. The van der Waals surface area contributed by atoms with Gasteiger partial charge in [-0.15, -0.1) is 0 Å². The van der Waals surface area contributed by atoms with Crippen molar-refractivity contribution in [3.05, 3.63) is 65.7 Å². The van der Waals surface area contributed by atoms with Crippen LogP contribution >= 0.6 is 0 Å². The Morgan fingerprint density at radius 2 is 1.54 bits per heavy atom. The molecule has 0 aromatic heterocycles. The van der Waals surface area contributed by atoms with Crippen molar-refractivity contribution >= 4 is 23.7 Å². The number of amides is 2. The molecular formula is C21H24N2O5. The molecule has 148 valence electrons. The first-order valence-electron chi connectivity index (χ1n) is 9.06. The van der Waals surface area contributed by atoms with Crippen LogP contribution in [0.2, 0.25) is 0 Å². The maximum atomic E-state index is 12.8. The number of nitrogens with one attached hydrogen (secondary N) is 1. The van der Waals surface area contributed by atoms with Crippen molar-refractivity contribution < 1.29 is 23.9 Å². The predicted molar refractivity (Wildman–Crippen MR) is 105 cm³/mol. The number of rotatable bonds is 8. The Labute approximate surface area is 164 Å². The second-order valence-corrected chi connectivity index (χ2v) is 5.84. The highest BCUT2D eigenvalue weighted by atomic mass is 16.5. The predicted octanol–water partition coefficient (Wildman–Crippen LogP) is 3.46. The molecule has 1 N–H and O–H groups in total. The van der Waals surface area contributed by atoms with E-state index in [1.165, 1.54) is 4.90 Å². The molecule has 0 heterocycles. The Hall–Kier alpha value is -3.35. The van der Waals surface area contributed by atoms with E-state index in [1.54, 1.807) is 38.1 Å². The van der Waals surface area contributed by atoms with Crippen LogP contribution in [0.1, 0.15) is 29.8 Å². The summed E-state index contributed by atoms with van der Waals surface area (Å²) in [6.45, 7) is 3.87. The van der Waals surface area contributed by atoms with Crippen LogP contribution in [0.5, 0.6) is 0 Å². The number of hydrogen-bond acceptors (Lipinski definition) is 5. The number of hydrogen-bond donors (Lipinski definition) is 1. The lowest BCUT2D eigenvalue weighted by atomic mass is 10.2. The number of nitrogens with zero attached hydrogens (tertiary/aromatic N) is 1. The highest BCUT2D eigenvalue weighted by Gasteiger charge is 2.21. The van der Waals surface area contributed by atoms with Crippen LogP contribution < -0.4 is 5.32 Å². The van der Waals surface area contributed by atoms with Gasteiger partial charge in [0.15, 0.2) is 0 Å². The van der Waals surface area contributed by atoms with Crippen LogP contribution in [-0.2, 0) is 20.8 Å². The van der Waals surface area contributed by atoms with Crippen molar-refractivity contribution in [3.8, 4) is 0 Å². The highest BCUT2D eigenvalue weighted by Crippen LogP contribution is 2.17. The van der Waals surface area contributed by atoms with E-state index in [9.17, 15) is 14.4 Å². The van der Waals surface area contributed by atoms with Crippen molar-refractivity contribution in [2.24, 2.45) is 0 Å². The Balaban J connectivity index is 2.20. The summed E-state index contributed by atoms with van der Waals surface area (Å²) in [5.41, 5.74) is 1.42.